The normalized spacial score (nSPS) is 28.8. The predicted octanol–water partition coefficient (Wildman–Crippen LogP) is 7.31. The van der Waals surface area contributed by atoms with Crippen molar-refractivity contribution in [2.75, 3.05) is 24.6 Å². The van der Waals surface area contributed by atoms with Crippen molar-refractivity contribution in [1.82, 2.24) is 4.72 Å². The number of nitrogens with zero attached hydrogens (tertiary/aromatic N) is 1. The molecule has 1 amide bonds. The van der Waals surface area contributed by atoms with Crippen molar-refractivity contribution in [3.8, 4) is 5.75 Å². The number of carbonyl (C=O) groups excluding carboxylic acids is 1. The number of nitrogens with one attached hydrogen (secondary N) is 1. The van der Waals surface area contributed by atoms with E-state index < -0.39 is 6.10 Å². The fourth-order valence-electron chi connectivity index (χ4n) is 6.29. The summed E-state index contributed by atoms with van der Waals surface area (Å²) in [4.78, 5) is 15.4. The van der Waals surface area contributed by atoms with Crippen LogP contribution < -0.4 is 14.4 Å². The smallest absolute Gasteiger partial charge is 0.261 e. The van der Waals surface area contributed by atoms with Crippen LogP contribution in [-0.2, 0) is 6.42 Å². The fraction of sp³-hybridized carbons (Fsp3) is 0.531. The Balaban J connectivity index is 1.53. The van der Waals surface area contributed by atoms with E-state index in [0.717, 1.165) is 61.2 Å². The molecule has 3 aliphatic rings. The zero-order chi connectivity index (χ0) is 28.4. The minimum absolute atomic E-state index is 0.0786. The Morgan fingerprint density at radius 1 is 1.20 bits per heavy atom. The fourth-order valence-corrected chi connectivity index (χ4v) is 7.14. The van der Waals surface area contributed by atoms with E-state index >= 15 is 4.39 Å². The van der Waals surface area contributed by atoms with Crippen molar-refractivity contribution >= 4 is 35.1 Å². The third-order valence-electron chi connectivity index (χ3n) is 8.81. The van der Waals surface area contributed by atoms with E-state index in [0.29, 0.717) is 36.6 Å². The Labute approximate surface area is 246 Å². The second-order valence-corrected chi connectivity index (χ2v) is 13.3. The number of allylic oxidation sites excluding steroid dienone is 1. The van der Waals surface area contributed by atoms with Gasteiger partial charge in [0.25, 0.3) is 5.91 Å². The molecule has 0 saturated heterocycles. The monoisotopic (exact) mass is 586 g/mol. The summed E-state index contributed by atoms with van der Waals surface area (Å²) in [5.74, 6) is 0.677. The first-order valence-corrected chi connectivity index (χ1v) is 15.8. The maximum absolute atomic E-state index is 15.2. The summed E-state index contributed by atoms with van der Waals surface area (Å²) >= 11 is 7.62. The van der Waals surface area contributed by atoms with Gasteiger partial charge in [0.15, 0.2) is 0 Å². The number of anilines is 1. The Morgan fingerprint density at radius 2 is 2.02 bits per heavy atom. The van der Waals surface area contributed by atoms with Crippen LogP contribution in [0, 0.1) is 17.7 Å². The Hall–Kier alpha value is -2.22. The maximum atomic E-state index is 15.2. The molecule has 0 spiro atoms. The summed E-state index contributed by atoms with van der Waals surface area (Å²) in [7, 11) is 0. The second kappa shape index (κ2) is 12.7. The largest absolute Gasteiger partial charge is 0.491 e. The van der Waals surface area contributed by atoms with Gasteiger partial charge in [-0.25, -0.2) is 4.39 Å². The summed E-state index contributed by atoms with van der Waals surface area (Å²) in [6.07, 6.45) is 6.94. The van der Waals surface area contributed by atoms with Crippen LogP contribution in [0.15, 0.2) is 42.0 Å². The number of rotatable bonds is 3. The molecule has 0 radical (unpaired) electrons. The lowest BCUT2D eigenvalue weighted by Gasteiger charge is -2.43. The van der Waals surface area contributed by atoms with E-state index in [9.17, 15) is 9.90 Å². The molecule has 5 atom stereocenters. The lowest BCUT2D eigenvalue weighted by Crippen LogP contribution is -2.44. The molecule has 8 heteroatoms. The van der Waals surface area contributed by atoms with Crippen LogP contribution in [0.5, 0.6) is 5.75 Å². The summed E-state index contributed by atoms with van der Waals surface area (Å²) in [6.45, 7) is 7.94. The van der Waals surface area contributed by atoms with Crippen molar-refractivity contribution in [2.24, 2.45) is 11.8 Å². The molecule has 2 aliphatic heterocycles. The standard InChI is InChI=1S/C32H40ClFN2O3S/c1-4-6-26-24(12-13-27(33)30(26)34)23-17-36-16-22-9-11-25(22)31(37)19(2)7-5-8-20(3)40-35-32(38)21-10-14-29(39-18-23)28(36)15-21/h7,10,12-15,20,22-23,25,31,37H,4-6,8-9,11,16-18H2,1-3H3,(H,35,38)/b19-7+/t20?,22-,23?,25?,31?/m0/s1. The minimum atomic E-state index is -0.458. The molecule has 4 unspecified atom stereocenters. The molecule has 40 heavy (non-hydrogen) atoms. The lowest BCUT2D eigenvalue weighted by molar-refractivity contribution is 0.0389. The molecule has 0 aromatic heterocycles. The molecule has 216 valence electrons. The molecule has 2 aromatic rings. The minimum Gasteiger partial charge on any atom is -0.491 e. The first-order chi connectivity index (χ1) is 19.3. The first kappa shape index (κ1) is 29.3. The number of hydrogen-bond donors (Lipinski definition) is 2. The number of amides is 1. The number of carbonyl (C=O) groups is 1. The Kier molecular flexibility index (Phi) is 9.33. The highest BCUT2D eigenvalue weighted by molar-refractivity contribution is 7.98. The van der Waals surface area contributed by atoms with Crippen LogP contribution in [-0.4, -0.2) is 42.1 Å². The van der Waals surface area contributed by atoms with Crippen molar-refractivity contribution in [3.63, 3.8) is 0 Å². The molecule has 2 aromatic carbocycles. The van der Waals surface area contributed by atoms with E-state index in [4.69, 9.17) is 16.3 Å². The third-order valence-corrected chi connectivity index (χ3v) is 10.0. The van der Waals surface area contributed by atoms with Gasteiger partial charge < -0.3 is 14.7 Å². The van der Waals surface area contributed by atoms with Gasteiger partial charge in [-0.1, -0.05) is 44.0 Å². The van der Waals surface area contributed by atoms with E-state index in [1.165, 1.54) is 11.9 Å². The highest BCUT2D eigenvalue weighted by Gasteiger charge is 2.39. The van der Waals surface area contributed by atoms with Gasteiger partial charge in [0.1, 0.15) is 11.6 Å². The van der Waals surface area contributed by atoms with Crippen molar-refractivity contribution in [1.29, 1.82) is 0 Å². The van der Waals surface area contributed by atoms with Gasteiger partial charge in [-0.2, -0.15) is 0 Å². The predicted molar refractivity (Wildman–Crippen MR) is 162 cm³/mol. The van der Waals surface area contributed by atoms with E-state index in [2.05, 4.69) is 22.6 Å². The number of halogens is 2. The maximum Gasteiger partial charge on any atom is 0.261 e. The van der Waals surface area contributed by atoms with Gasteiger partial charge in [0.2, 0.25) is 0 Å². The van der Waals surface area contributed by atoms with Crippen LogP contribution in [0.2, 0.25) is 5.02 Å². The zero-order valence-corrected chi connectivity index (χ0v) is 25.2. The number of aliphatic hydroxyl groups excluding tert-OH is 1. The molecule has 1 aliphatic carbocycles. The number of fused-ring (bicyclic) bond motifs is 2. The van der Waals surface area contributed by atoms with Gasteiger partial charge in [-0.3, -0.25) is 9.52 Å². The molecule has 5 rings (SSSR count). The van der Waals surface area contributed by atoms with Crippen molar-refractivity contribution in [3.05, 3.63) is 69.5 Å². The third kappa shape index (κ3) is 6.17. The van der Waals surface area contributed by atoms with Crippen molar-refractivity contribution in [2.45, 2.75) is 76.6 Å². The van der Waals surface area contributed by atoms with Gasteiger partial charge in [-0.15, -0.1) is 0 Å². The summed E-state index contributed by atoms with van der Waals surface area (Å²) in [5, 5.41) is 11.6. The van der Waals surface area contributed by atoms with E-state index in [-0.39, 0.29) is 33.8 Å². The lowest BCUT2D eigenvalue weighted by atomic mass is 9.68. The van der Waals surface area contributed by atoms with E-state index in [1.54, 1.807) is 6.07 Å². The number of ether oxygens (including phenoxy) is 1. The topological polar surface area (TPSA) is 61.8 Å². The quantitative estimate of drug-likeness (QED) is 0.292. The summed E-state index contributed by atoms with van der Waals surface area (Å²) < 4.78 is 24.6. The average Bonchev–Trinajstić information content (AvgIpc) is 3.11. The van der Waals surface area contributed by atoms with Gasteiger partial charge in [0, 0.05) is 29.8 Å². The molecular weight excluding hydrogens is 547 g/mol. The first-order valence-electron chi connectivity index (χ1n) is 14.6. The van der Waals surface area contributed by atoms with Crippen LogP contribution in [0.1, 0.15) is 80.3 Å². The number of aliphatic hydroxyl groups is 1. The summed E-state index contributed by atoms with van der Waals surface area (Å²) in [5.41, 5.74) is 4.08. The van der Waals surface area contributed by atoms with Gasteiger partial charge in [0.05, 0.1) is 23.4 Å². The highest BCUT2D eigenvalue weighted by Crippen LogP contribution is 2.43. The molecular formula is C32H40ClFN2O3S. The molecule has 1 saturated carbocycles. The van der Waals surface area contributed by atoms with Gasteiger partial charge >= 0.3 is 0 Å². The Bertz CT molecular complexity index is 1270. The van der Waals surface area contributed by atoms with E-state index in [1.807, 2.05) is 38.1 Å². The van der Waals surface area contributed by atoms with Crippen LogP contribution in [0.4, 0.5) is 10.1 Å². The van der Waals surface area contributed by atoms with Crippen molar-refractivity contribution < 1.29 is 19.0 Å². The molecule has 1 fully saturated rings. The molecule has 2 bridgehead atoms. The zero-order valence-electron chi connectivity index (χ0n) is 23.6. The molecule has 2 N–H and O–H groups in total. The Morgan fingerprint density at radius 3 is 2.77 bits per heavy atom. The average molecular weight is 587 g/mol. The number of hydrogen-bond acceptors (Lipinski definition) is 5. The highest BCUT2D eigenvalue weighted by atomic mass is 35.5. The SMILES string of the molecule is CCCc1c(C2COc3ccc4cc3N(C2)C[C@@H]2CCC2C(O)/C(C)=C/CCC(C)SNC4=O)ccc(Cl)c1F. The van der Waals surface area contributed by atoms with Crippen LogP contribution >= 0.6 is 23.5 Å². The molecule has 5 nitrogen and oxygen atoms in total. The van der Waals surface area contributed by atoms with Crippen LogP contribution in [0.25, 0.3) is 0 Å². The number of benzene rings is 2. The van der Waals surface area contributed by atoms with Crippen LogP contribution in [0.3, 0.4) is 0 Å². The second-order valence-electron chi connectivity index (χ2n) is 11.6. The molecule has 2 heterocycles. The van der Waals surface area contributed by atoms with Gasteiger partial charge in [-0.05, 0) is 104 Å². The summed E-state index contributed by atoms with van der Waals surface area (Å²) in [6, 6.07) is 9.21.